The Morgan fingerprint density at radius 3 is 2.48 bits per heavy atom. The van der Waals surface area contributed by atoms with Crippen molar-refractivity contribution in [2.45, 2.75) is 16.9 Å². The van der Waals surface area contributed by atoms with Crippen molar-refractivity contribution in [2.75, 3.05) is 5.32 Å². The molecular formula is C21H15ClN2O2S. The van der Waals surface area contributed by atoms with E-state index in [4.69, 9.17) is 16.0 Å². The summed E-state index contributed by atoms with van der Waals surface area (Å²) < 4.78 is 5.70. The fraction of sp³-hybridized carbons (Fsp3) is 0.0476. The van der Waals surface area contributed by atoms with Gasteiger partial charge in [0.1, 0.15) is 17.4 Å². The number of nitrogens with zero attached hydrogens (tertiary/aromatic N) is 1. The highest BCUT2D eigenvalue weighted by molar-refractivity contribution is 7.99. The van der Waals surface area contributed by atoms with Gasteiger partial charge in [-0.15, -0.1) is 0 Å². The van der Waals surface area contributed by atoms with Crippen molar-refractivity contribution in [3.05, 3.63) is 82.6 Å². The number of amides is 1. The van der Waals surface area contributed by atoms with Gasteiger partial charge in [-0.1, -0.05) is 41.1 Å². The molecule has 0 aliphatic heterocycles. The highest BCUT2D eigenvalue weighted by Gasteiger charge is 2.11. The number of hydrogen-bond acceptors (Lipinski definition) is 4. The Bertz CT molecular complexity index is 1020. The minimum absolute atomic E-state index is 0.0498. The largest absolute Gasteiger partial charge is 0.450 e. The van der Waals surface area contributed by atoms with Crippen LogP contribution < -0.4 is 5.32 Å². The molecule has 1 aromatic heterocycles. The molecule has 0 aliphatic rings. The lowest BCUT2D eigenvalue weighted by Crippen LogP contribution is -2.13. The quantitative estimate of drug-likeness (QED) is 0.429. The molecule has 2 aromatic carbocycles. The van der Waals surface area contributed by atoms with Gasteiger partial charge in [-0.05, 0) is 55.5 Å². The summed E-state index contributed by atoms with van der Waals surface area (Å²) in [5, 5.41) is 13.2. The smallest absolute Gasteiger partial charge is 0.266 e. The Morgan fingerprint density at radius 2 is 1.81 bits per heavy atom. The lowest BCUT2D eigenvalue weighted by Gasteiger charge is -2.03. The average molecular weight is 395 g/mol. The maximum absolute atomic E-state index is 12.3. The molecule has 0 spiro atoms. The monoisotopic (exact) mass is 394 g/mol. The molecule has 1 N–H and O–H groups in total. The maximum Gasteiger partial charge on any atom is 0.266 e. The Kier molecular flexibility index (Phi) is 6.02. The number of rotatable bonds is 5. The Balaban J connectivity index is 1.71. The lowest BCUT2D eigenvalue weighted by atomic mass is 10.2. The number of nitriles is 1. The molecule has 0 bridgehead atoms. The molecule has 1 heterocycles. The molecule has 3 aromatic rings. The second kappa shape index (κ2) is 8.63. The van der Waals surface area contributed by atoms with Crippen LogP contribution >= 0.6 is 23.4 Å². The lowest BCUT2D eigenvalue weighted by molar-refractivity contribution is -0.112. The van der Waals surface area contributed by atoms with Crippen LogP contribution in [0.25, 0.3) is 6.08 Å². The van der Waals surface area contributed by atoms with Gasteiger partial charge >= 0.3 is 0 Å². The molecule has 0 atom stereocenters. The van der Waals surface area contributed by atoms with E-state index in [0.29, 0.717) is 21.6 Å². The van der Waals surface area contributed by atoms with Gasteiger partial charge in [-0.25, -0.2) is 0 Å². The molecule has 0 aliphatic carbocycles. The van der Waals surface area contributed by atoms with Crippen LogP contribution in [0.2, 0.25) is 5.02 Å². The standard InChI is InChI=1S/C21H15ClN2O2S/c1-14-2-9-19(10-3-14)27-20-11-8-18(26-20)12-15(13-23)21(25)24-17-6-4-16(22)5-7-17/h2-12H,1H3,(H,24,25)/b15-12-. The van der Waals surface area contributed by atoms with E-state index in [-0.39, 0.29) is 5.57 Å². The number of aryl methyl sites for hydroxylation is 1. The third-order valence-corrected chi connectivity index (χ3v) is 4.78. The van der Waals surface area contributed by atoms with E-state index < -0.39 is 5.91 Å². The SMILES string of the molecule is Cc1ccc(Sc2ccc(/C=C(/C#N)C(=O)Nc3ccc(Cl)cc3)o2)cc1. The summed E-state index contributed by atoms with van der Waals surface area (Å²) in [5.41, 5.74) is 1.69. The third kappa shape index (κ3) is 5.27. The molecule has 0 fully saturated rings. The zero-order valence-electron chi connectivity index (χ0n) is 14.4. The predicted octanol–water partition coefficient (Wildman–Crippen LogP) is 5.94. The number of halogens is 1. The van der Waals surface area contributed by atoms with Crippen molar-refractivity contribution in [3.63, 3.8) is 0 Å². The maximum atomic E-state index is 12.3. The van der Waals surface area contributed by atoms with Crippen LogP contribution in [0.3, 0.4) is 0 Å². The van der Waals surface area contributed by atoms with Crippen LogP contribution in [-0.2, 0) is 4.79 Å². The highest BCUT2D eigenvalue weighted by Crippen LogP contribution is 2.30. The van der Waals surface area contributed by atoms with Crippen LogP contribution in [0.5, 0.6) is 0 Å². The number of carbonyl (C=O) groups is 1. The Labute approximate surface area is 166 Å². The molecule has 0 unspecified atom stereocenters. The topological polar surface area (TPSA) is 66.0 Å². The number of furan rings is 1. The molecule has 3 rings (SSSR count). The number of anilines is 1. The van der Waals surface area contributed by atoms with Crippen molar-refractivity contribution in [1.82, 2.24) is 0 Å². The first-order chi connectivity index (χ1) is 13.0. The Morgan fingerprint density at radius 1 is 1.11 bits per heavy atom. The van der Waals surface area contributed by atoms with Crippen molar-refractivity contribution < 1.29 is 9.21 Å². The van der Waals surface area contributed by atoms with E-state index in [2.05, 4.69) is 5.32 Å². The summed E-state index contributed by atoms with van der Waals surface area (Å²) >= 11 is 7.29. The van der Waals surface area contributed by atoms with Gasteiger partial charge in [0.2, 0.25) is 0 Å². The van der Waals surface area contributed by atoms with Gasteiger partial charge in [0.15, 0.2) is 5.09 Å². The second-order valence-corrected chi connectivity index (χ2v) is 7.22. The fourth-order valence-electron chi connectivity index (χ4n) is 2.21. The van der Waals surface area contributed by atoms with Crippen LogP contribution in [0.1, 0.15) is 11.3 Å². The third-order valence-electron chi connectivity index (χ3n) is 3.60. The minimum Gasteiger partial charge on any atom is -0.450 e. The van der Waals surface area contributed by atoms with Gasteiger partial charge in [0.25, 0.3) is 5.91 Å². The van der Waals surface area contributed by atoms with Crippen LogP contribution in [-0.4, -0.2) is 5.91 Å². The van der Waals surface area contributed by atoms with E-state index in [1.165, 1.54) is 23.4 Å². The van der Waals surface area contributed by atoms with Gasteiger partial charge in [0, 0.05) is 21.7 Å². The highest BCUT2D eigenvalue weighted by atomic mass is 35.5. The van der Waals surface area contributed by atoms with Crippen LogP contribution in [0.4, 0.5) is 5.69 Å². The first kappa shape index (κ1) is 18.8. The average Bonchev–Trinajstić information content (AvgIpc) is 3.10. The summed E-state index contributed by atoms with van der Waals surface area (Å²) in [6, 6.07) is 20.2. The molecule has 1 amide bonds. The van der Waals surface area contributed by atoms with E-state index in [1.54, 1.807) is 30.3 Å². The van der Waals surface area contributed by atoms with Crippen molar-refractivity contribution in [3.8, 4) is 6.07 Å². The van der Waals surface area contributed by atoms with Crippen LogP contribution in [0, 0.1) is 18.3 Å². The number of carbonyl (C=O) groups excluding carboxylic acids is 1. The van der Waals surface area contributed by atoms with E-state index in [0.717, 1.165) is 4.90 Å². The zero-order valence-corrected chi connectivity index (χ0v) is 16.0. The first-order valence-electron chi connectivity index (χ1n) is 8.06. The molecular weight excluding hydrogens is 380 g/mol. The van der Waals surface area contributed by atoms with E-state index in [9.17, 15) is 10.1 Å². The molecule has 0 saturated carbocycles. The zero-order chi connectivity index (χ0) is 19.2. The van der Waals surface area contributed by atoms with Gasteiger partial charge < -0.3 is 9.73 Å². The van der Waals surface area contributed by atoms with E-state index >= 15 is 0 Å². The Hall–Kier alpha value is -2.94. The second-order valence-electron chi connectivity index (χ2n) is 5.70. The summed E-state index contributed by atoms with van der Waals surface area (Å²) in [4.78, 5) is 13.3. The summed E-state index contributed by atoms with van der Waals surface area (Å²) in [7, 11) is 0. The van der Waals surface area contributed by atoms with E-state index in [1.807, 2.05) is 43.3 Å². The van der Waals surface area contributed by atoms with Gasteiger partial charge in [-0.3, -0.25) is 4.79 Å². The molecule has 6 heteroatoms. The molecule has 0 saturated heterocycles. The summed E-state index contributed by atoms with van der Waals surface area (Å²) in [6.07, 6.45) is 1.42. The van der Waals surface area contributed by atoms with Gasteiger partial charge in [0.05, 0.1) is 0 Å². The number of hydrogen-bond donors (Lipinski definition) is 1. The van der Waals surface area contributed by atoms with Gasteiger partial charge in [-0.2, -0.15) is 5.26 Å². The minimum atomic E-state index is -0.510. The summed E-state index contributed by atoms with van der Waals surface area (Å²) in [6.45, 7) is 2.03. The molecule has 134 valence electrons. The summed E-state index contributed by atoms with van der Waals surface area (Å²) in [5.74, 6) is -0.0728. The predicted molar refractivity (Wildman–Crippen MR) is 108 cm³/mol. The molecule has 27 heavy (non-hydrogen) atoms. The first-order valence-corrected chi connectivity index (χ1v) is 9.26. The molecule has 0 radical (unpaired) electrons. The van der Waals surface area contributed by atoms with Crippen molar-refractivity contribution >= 4 is 41.0 Å². The normalized spacial score (nSPS) is 11.1. The van der Waals surface area contributed by atoms with Crippen LogP contribution in [0.15, 0.2) is 80.6 Å². The number of nitrogens with one attached hydrogen (secondary N) is 1. The number of benzene rings is 2. The van der Waals surface area contributed by atoms with Crippen molar-refractivity contribution in [2.24, 2.45) is 0 Å². The molecule has 4 nitrogen and oxygen atoms in total. The fourth-order valence-corrected chi connectivity index (χ4v) is 3.12. The van der Waals surface area contributed by atoms with Crippen molar-refractivity contribution in [1.29, 1.82) is 5.26 Å².